The molecule has 0 bridgehead atoms. The van der Waals surface area contributed by atoms with Gasteiger partial charge in [-0.25, -0.2) is 0 Å². The molecule has 32 heavy (non-hydrogen) atoms. The van der Waals surface area contributed by atoms with Gasteiger partial charge >= 0.3 is 0 Å². The van der Waals surface area contributed by atoms with Crippen molar-refractivity contribution < 1.29 is 9.47 Å². The summed E-state index contributed by atoms with van der Waals surface area (Å²) in [6.45, 7) is 10.7. The molecule has 0 unspecified atom stereocenters. The van der Waals surface area contributed by atoms with Crippen molar-refractivity contribution in [3.8, 4) is 11.5 Å². The second-order valence-corrected chi connectivity index (χ2v) is 8.86. The first-order chi connectivity index (χ1) is 15.5. The summed E-state index contributed by atoms with van der Waals surface area (Å²) in [4.78, 5) is 2.56. The summed E-state index contributed by atoms with van der Waals surface area (Å²) < 4.78 is 12.0. The maximum Gasteiger partial charge on any atom is 0.123 e. The predicted octanol–water partition coefficient (Wildman–Crippen LogP) is 6.92. The fourth-order valence-electron chi connectivity index (χ4n) is 4.37. The number of ether oxygens (including phenoxy) is 2. The molecular formula is C29H37NO2. The van der Waals surface area contributed by atoms with Gasteiger partial charge in [0.2, 0.25) is 0 Å². The Labute approximate surface area is 194 Å². The average Bonchev–Trinajstić information content (AvgIpc) is 2.81. The van der Waals surface area contributed by atoms with Gasteiger partial charge in [0.1, 0.15) is 18.1 Å². The van der Waals surface area contributed by atoms with Gasteiger partial charge in [0.05, 0.1) is 7.11 Å². The zero-order valence-electron chi connectivity index (χ0n) is 20.1. The van der Waals surface area contributed by atoms with E-state index in [0.717, 1.165) is 30.0 Å². The number of rotatable bonds is 11. The molecule has 3 aromatic carbocycles. The summed E-state index contributed by atoms with van der Waals surface area (Å²) in [6.07, 6.45) is 1.01. The Morgan fingerprint density at radius 3 is 2.00 bits per heavy atom. The first kappa shape index (κ1) is 23.9. The number of hydrogen-bond acceptors (Lipinski definition) is 3. The first-order valence-electron chi connectivity index (χ1n) is 11.6. The van der Waals surface area contributed by atoms with Crippen molar-refractivity contribution in [3.05, 3.63) is 95.6 Å². The van der Waals surface area contributed by atoms with Crippen LogP contribution in [0.5, 0.6) is 11.5 Å². The van der Waals surface area contributed by atoms with Gasteiger partial charge in [-0.1, -0.05) is 60.7 Å². The molecule has 0 amide bonds. The van der Waals surface area contributed by atoms with Crippen molar-refractivity contribution in [1.82, 2.24) is 4.90 Å². The third-order valence-corrected chi connectivity index (χ3v) is 6.03. The summed E-state index contributed by atoms with van der Waals surface area (Å²) in [5, 5.41) is 0. The van der Waals surface area contributed by atoms with Crippen LogP contribution in [0.25, 0.3) is 0 Å². The zero-order valence-corrected chi connectivity index (χ0v) is 20.1. The molecule has 3 rings (SSSR count). The first-order valence-corrected chi connectivity index (χ1v) is 11.6. The monoisotopic (exact) mass is 431 g/mol. The van der Waals surface area contributed by atoms with E-state index in [0.29, 0.717) is 18.7 Å². The minimum absolute atomic E-state index is 0.220. The summed E-state index contributed by atoms with van der Waals surface area (Å²) in [5.41, 5.74) is 3.65. The van der Waals surface area contributed by atoms with E-state index in [1.54, 1.807) is 7.11 Å². The minimum Gasteiger partial charge on any atom is -0.497 e. The third-order valence-electron chi connectivity index (χ3n) is 6.03. The van der Waals surface area contributed by atoms with Crippen molar-refractivity contribution in [2.24, 2.45) is 0 Å². The van der Waals surface area contributed by atoms with Gasteiger partial charge in [-0.05, 0) is 70.0 Å². The number of benzene rings is 3. The number of hydrogen-bond donors (Lipinski definition) is 0. The van der Waals surface area contributed by atoms with Crippen molar-refractivity contribution in [2.75, 3.05) is 13.7 Å². The van der Waals surface area contributed by atoms with Crippen LogP contribution in [-0.2, 0) is 6.61 Å². The SMILES string of the molecule is COc1ccc(OCc2ccccc2)c([C@H](CCN(C(C)C)C(C)C)c2ccccc2)c1. The number of methoxy groups -OCH3 is 1. The summed E-state index contributed by atoms with van der Waals surface area (Å²) in [7, 11) is 1.72. The molecule has 0 saturated heterocycles. The van der Waals surface area contributed by atoms with Gasteiger partial charge in [0.25, 0.3) is 0 Å². The number of nitrogens with zero attached hydrogens (tertiary/aromatic N) is 1. The molecule has 3 heteroatoms. The second kappa shape index (κ2) is 11.7. The van der Waals surface area contributed by atoms with Crippen molar-refractivity contribution in [3.63, 3.8) is 0 Å². The fourth-order valence-corrected chi connectivity index (χ4v) is 4.37. The molecule has 0 fully saturated rings. The fraction of sp³-hybridized carbons (Fsp3) is 0.379. The smallest absolute Gasteiger partial charge is 0.123 e. The van der Waals surface area contributed by atoms with Crippen LogP contribution in [0.4, 0.5) is 0 Å². The molecule has 1 atom stereocenters. The van der Waals surface area contributed by atoms with Crippen LogP contribution >= 0.6 is 0 Å². The highest BCUT2D eigenvalue weighted by Gasteiger charge is 2.22. The Hall–Kier alpha value is -2.78. The summed E-state index contributed by atoms with van der Waals surface area (Å²) >= 11 is 0. The van der Waals surface area contributed by atoms with E-state index >= 15 is 0 Å². The average molecular weight is 432 g/mol. The van der Waals surface area contributed by atoms with Crippen LogP contribution in [0.3, 0.4) is 0 Å². The maximum atomic E-state index is 6.36. The second-order valence-electron chi connectivity index (χ2n) is 8.86. The molecule has 0 spiro atoms. The van der Waals surface area contributed by atoms with Crippen molar-refractivity contribution in [2.45, 2.75) is 58.7 Å². The van der Waals surface area contributed by atoms with E-state index in [1.807, 2.05) is 24.3 Å². The van der Waals surface area contributed by atoms with Gasteiger partial charge in [0, 0.05) is 23.6 Å². The highest BCUT2D eigenvalue weighted by atomic mass is 16.5. The van der Waals surface area contributed by atoms with E-state index in [1.165, 1.54) is 11.1 Å². The highest BCUT2D eigenvalue weighted by Crippen LogP contribution is 2.37. The van der Waals surface area contributed by atoms with E-state index in [2.05, 4.69) is 87.2 Å². The normalized spacial score (nSPS) is 12.4. The van der Waals surface area contributed by atoms with E-state index in [4.69, 9.17) is 9.47 Å². The molecule has 0 aliphatic carbocycles. The van der Waals surface area contributed by atoms with E-state index in [9.17, 15) is 0 Å². The lowest BCUT2D eigenvalue weighted by atomic mass is 9.87. The summed E-state index contributed by atoms with van der Waals surface area (Å²) in [6, 6.07) is 28.3. The van der Waals surface area contributed by atoms with Gasteiger partial charge < -0.3 is 9.47 Å². The lowest BCUT2D eigenvalue weighted by Gasteiger charge is -2.32. The van der Waals surface area contributed by atoms with Crippen molar-refractivity contribution in [1.29, 1.82) is 0 Å². The Morgan fingerprint density at radius 2 is 1.41 bits per heavy atom. The Morgan fingerprint density at radius 1 is 0.781 bits per heavy atom. The van der Waals surface area contributed by atoms with Gasteiger partial charge in [-0.3, -0.25) is 4.90 Å². The lowest BCUT2D eigenvalue weighted by Crippen LogP contribution is -2.38. The molecule has 0 aliphatic heterocycles. The van der Waals surface area contributed by atoms with Crippen LogP contribution in [0.1, 0.15) is 56.7 Å². The molecule has 0 N–H and O–H groups in total. The molecular weight excluding hydrogens is 394 g/mol. The Kier molecular flexibility index (Phi) is 8.75. The third kappa shape index (κ3) is 6.37. The standard InChI is InChI=1S/C29H37NO2/c1-22(2)30(23(3)4)19-18-27(25-14-10-7-11-15-25)28-20-26(31-5)16-17-29(28)32-21-24-12-8-6-9-13-24/h6-17,20,22-23,27H,18-19,21H2,1-5H3/t27-/m1/s1. The van der Waals surface area contributed by atoms with Crippen molar-refractivity contribution >= 4 is 0 Å². The quantitative estimate of drug-likeness (QED) is 0.329. The molecule has 0 radical (unpaired) electrons. The van der Waals surface area contributed by atoms with Gasteiger partial charge in [-0.15, -0.1) is 0 Å². The van der Waals surface area contributed by atoms with Crippen LogP contribution in [0.2, 0.25) is 0 Å². The largest absolute Gasteiger partial charge is 0.497 e. The van der Waals surface area contributed by atoms with Gasteiger partial charge in [0.15, 0.2) is 0 Å². The Balaban J connectivity index is 1.94. The van der Waals surface area contributed by atoms with Crippen LogP contribution in [-0.4, -0.2) is 30.6 Å². The molecule has 3 aromatic rings. The zero-order chi connectivity index (χ0) is 22.9. The molecule has 0 heterocycles. The van der Waals surface area contributed by atoms with Crippen LogP contribution in [0, 0.1) is 0 Å². The molecule has 3 nitrogen and oxygen atoms in total. The van der Waals surface area contributed by atoms with E-state index in [-0.39, 0.29) is 5.92 Å². The molecule has 170 valence electrons. The molecule has 0 aliphatic rings. The van der Waals surface area contributed by atoms with E-state index < -0.39 is 0 Å². The van der Waals surface area contributed by atoms with Crippen LogP contribution < -0.4 is 9.47 Å². The topological polar surface area (TPSA) is 21.7 Å². The maximum absolute atomic E-state index is 6.36. The Bertz CT molecular complexity index is 930. The lowest BCUT2D eigenvalue weighted by molar-refractivity contribution is 0.170. The minimum atomic E-state index is 0.220. The highest BCUT2D eigenvalue weighted by molar-refractivity contribution is 5.46. The predicted molar refractivity (Wildman–Crippen MR) is 134 cm³/mol. The summed E-state index contributed by atoms with van der Waals surface area (Å²) in [5.74, 6) is 2.00. The molecule has 0 aromatic heterocycles. The molecule has 0 saturated carbocycles. The van der Waals surface area contributed by atoms with Crippen LogP contribution in [0.15, 0.2) is 78.9 Å². The van der Waals surface area contributed by atoms with Gasteiger partial charge in [-0.2, -0.15) is 0 Å².